The third kappa shape index (κ3) is 4.21. The van der Waals surface area contributed by atoms with Crippen LogP contribution in [-0.4, -0.2) is 118 Å². The standard InChI is InChI=1S/C14H22O13/c1-23-11(20)8-5(17)6(18)10(13(22)25-8)27-14-7(19)3(15)4(16)9(26-14)12(21)24-2/h3-10,13-19,22H,1-2H3/t3-,4-,5-,6-,7+,8-,9-,10+,13?,14-/m0/s1. The zero-order valence-corrected chi connectivity index (χ0v) is 14.3. The van der Waals surface area contributed by atoms with E-state index in [1.165, 1.54) is 0 Å². The van der Waals surface area contributed by atoms with Crippen molar-refractivity contribution >= 4 is 11.9 Å². The maximum absolute atomic E-state index is 11.6. The van der Waals surface area contributed by atoms with Gasteiger partial charge in [0.1, 0.15) is 36.6 Å². The summed E-state index contributed by atoms with van der Waals surface area (Å²) < 4.78 is 23.9. The monoisotopic (exact) mass is 398 g/mol. The van der Waals surface area contributed by atoms with Crippen molar-refractivity contribution < 1.29 is 63.9 Å². The molecule has 0 aliphatic carbocycles. The van der Waals surface area contributed by atoms with Gasteiger partial charge in [0.05, 0.1) is 14.2 Å². The lowest BCUT2D eigenvalue weighted by atomic mass is 9.97. The van der Waals surface area contributed by atoms with Crippen molar-refractivity contribution in [1.82, 2.24) is 0 Å². The van der Waals surface area contributed by atoms with E-state index >= 15 is 0 Å². The molecule has 2 fully saturated rings. The molecule has 0 saturated carbocycles. The lowest BCUT2D eigenvalue weighted by molar-refractivity contribution is -0.354. The summed E-state index contributed by atoms with van der Waals surface area (Å²) >= 11 is 0. The van der Waals surface area contributed by atoms with Crippen LogP contribution in [0, 0.1) is 0 Å². The van der Waals surface area contributed by atoms with E-state index in [2.05, 4.69) is 9.47 Å². The van der Waals surface area contributed by atoms with Gasteiger partial charge < -0.3 is 54.3 Å². The van der Waals surface area contributed by atoms with Crippen molar-refractivity contribution in [1.29, 1.82) is 0 Å². The van der Waals surface area contributed by atoms with Crippen LogP contribution in [0.1, 0.15) is 0 Å². The normalized spacial score (nSPS) is 45.2. The maximum atomic E-state index is 11.6. The highest BCUT2D eigenvalue weighted by molar-refractivity contribution is 5.76. The molecule has 2 aliphatic rings. The number of methoxy groups -OCH3 is 2. The number of esters is 2. The number of carbonyl (C=O) groups is 2. The second kappa shape index (κ2) is 8.72. The molecule has 1 unspecified atom stereocenters. The van der Waals surface area contributed by atoms with Crippen LogP contribution in [0.25, 0.3) is 0 Å². The highest BCUT2D eigenvalue weighted by Crippen LogP contribution is 2.29. The Bertz CT molecular complexity index is 541. The number of ether oxygens (including phenoxy) is 5. The number of rotatable bonds is 4. The average molecular weight is 398 g/mol. The molecule has 0 aromatic rings. The summed E-state index contributed by atoms with van der Waals surface area (Å²) in [4.78, 5) is 23.1. The Hall–Kier alpha value is -1.42. The first-order valence-electron chi connectivity index (χ1n) is 7.84. The molecule has 10 atom stereocenters. The van der Waals surface area contributed by atoms with Gasteiger partial charge in [0, 0.05) is 0 Å². The van der Waals surface area contributed by atoms with Crippen LogP contribution in [0.5, 0.6) is 0 Å². The number of hydrogen-bond donors (Lipinski definition) is 6. The summed E-state index contributed by atoms with van der Waals surface area (Å²) in [5.41, 5.74) is 0. The fourth-order valence-electron chi connectivity index (χ4n) is 2.74. The highest BCUT2D eigenvalue weighted by Gasteiger charge is 2.53. The van der Waals surface area contributed by atoms with E-state index in [1.54, 1.807) is 0 Å². The minimum atomic E-state index is -1.97. The van der Waals surface area contributed by atoms with Crippen molar-refractivity contribution in [2.24, 2.45) is 0 Å². The summed E-state index contributed by atoms with van der Waals surface area (Å²) in [5, 5.41) is 59.7. The molecule has 2 aliphatic heterocycles. The largest absolute Gasteiger partial charge is 0.467 e. The molecule has 0 bridgehead atoms. The minimum absolute atomic E-state index is 0.998. The zero-order chi connectivity index (χ0) is 20.5. The van der Waals surface area contributed by atoms with Gasteiger partial charge in [0.15, 0.2) is 24.8 Å². The van der Waals surface area contributed by atoms with E-state index in [0.29, 0.717) is 0 Å². The smallest absolute Gasteiger partial charge is 0.337 e. The Morgan fingerprint density at radius 3 is 1.70 bits per heavy atom. The van der Waals surface area contributed by atoms with E-state index in [9.17, 15) is 40.2 Å². The topological polar surface area (TPSA) is 202 Å². The molecule has 0 amide bonds. The van der Waals surface area contributed by atoms with Crippen LogP contribution in [0.4, 0.5) is 0 Å². The Morgan fingerprint density at radius 1 is 0.704 bits per heavy atom. The van der Waals surface area contributed by atoms with Crippen molar-refractivity contribution in [3.8, 4) is 0 Å². The lowest BCUT2D eigenvalue weighted by Gasteiger charge is -2.44. The molecule has 2 heterocycles. The second-order valence-electron chi connectivity index (χ2n) is 5.97. The molecule has 0 radical (unpaired) electrons. The molecule has 13 heteroatoms. The summed E-state index contributed by atoms with van der Waals surface area (Å²) in [6, 6.07) is 0. The lowest BCUT2D eigenvalue weighted by Crippen LogP contribution is -2.65. The number of aliphatic hydroxyl groups excluding tert-OH is 6. The molecule has 0 aromatic carbocycles. The van der Waals surface area contributed by atoms with Crippen molar-refractivity contribution in [2.75, 3.05) is 14.2 Å². The van der Waals surface area contributed by atoms with Gasteiger partial charge in [-0.15, -0.1) is 0 Å². The van der Waals surface area contributed by atoms with Gasteiger partial charge in [-0.2, -0.15) is 0 Å². The molecule has 0 aromatic heterocycles. The van der Waals surface area contributed by atoms with Gasteiger partial charge in [0.2, 0.25) is 0 Å². The molecule has 0 spiro atoms. The van der Waals surface area contributed by atoms with Crippen LogP contribution in [-0.2, 0) is 33.3 Å². The summed E-state index contributed by atoms with van der Waals surface area (Å²) in [5.74, 6) is -2.13. The molecule has 6 N–H and O–H groups in total. The summed E-state index contributed by atoms with van der Waals surface area (Å²) in [7, 11) is 2.00. The number of carbonyl (C=O) groups excluding carboxylic acids is 2. The molecule has 13 nitrogen and oxygen atoms in total. The van der Waals surface area contributed by atoms with Crippen LogP contribution >= 0.6 is 0 Å². The zero-order valence-electron chi connectivity index (χ0n) is 14.3. The molecular weight excluding hydrogens is 376 g/mol. The van der Waals surface area contributed by atoms with Gasteiger partial charge in [0.25, 0.3) is 0 Å². The van der Waals surface area contributed by atoms with Crippen LogP contribution in [0.2, 0.25) is 0 Å². The molecular formula is C14H22O13. The van der Waals surface area contributed by atoms with Crippen molar-refractivity contribution in [2.45, 2.75) is 61.4 Å². The Balaban J connectivity index is 2.14. The van der Waals surface area contributed by atoms with E-state index in [0.717, 1.165) is 14.2 Å². The first kappa shape index (κ1) is 21.9. The van der Waals surface area contributed by atoms with E-state index in [-0.39, 0.29) is 0 Å². The van der Waals surface area contributed by atoms with Gasteiger partial charge in [-0.1, -0.05) is 0 Å². The van der Waals surface area contributed by atoms with Gasteiger partial charge in [-0.25, -0.2) is 9.59 Å². The third-order valence-corrected chi connectivity index (χ3v) is 4.29. The van der Waals surface area contributed by atoms with E-state index in [1.807, 2.05) is 0 Å². The first-order valence-corrected chi connectivity index (χ1v) is 7.84. The molecule has 27 heavy (non-hydrogen) atoms. The number of hydrogen-bond acceptors (Lipinski definition) is 13. The predicted molar refractivity (Wildman–Crippen MR) is 78.5 cm³/mol. The van der Waals surface area contributed by atoms with Crippen LogP contribution in [0.3, 0.4) is 0 Å². The first-order chi connectivity index (χ1) is 12.6. The summed E-state index contributed by atoms with van der Waals surface area (Å²) in [6.45, 7) is 0. The Morgan fingerprint density at radius 2 is 1.19 bits per heavy atom. The fourth-order valence-corrected chi connectivity index (χ4v) is 2.74. The molecule has 156 valence electrons. The SMILES string of the molecule is COC(=O)[C@H]1O[C@@H](O[C@H]2C(O)O[C@H](C(=O)OC)[C@@H](O)[C@@H]2O)[C@H](O)[C@@H](O)[C@@H]1O. The third-order valence-electron chi connectivity index (χ3n) is 4.29. The van der Waals surface area contributed by atoms with Crippen LogP contribution in [0.15, 0.2) is 0 Å². The van der Waals surface area contributed by atoms with Crippen molar-refractivity contribution in [3.05, 3.63) is 0 Å². The van der Waals surface area contributed by atoms with E-state index in [4.69, 9.17) is 14.2 Å². The maximum Gasteiger partial charge on any atom is 0.337 e. The fraction of sp³-hybridized carbons (Fsp3) is 0.857. The Labute approximate surface area is 152 Å². The predicted octanol–water partition coefficient (Wildman–Crippen LogP) is -5.04. The summed E-state index contributed by atoms with van der Waals surface area (Å²) in [6.07, 6.45) is -18.4. The highest BCUT2D eigenvalue weighted by atomic mass is 16.7. The van der Waals surface area contributed by atoms with Gasteiger partial charge in [-0.3, -0.25) is 0 Å². The second-order valence-corrected chi connectivity index (χ2v) is 5.97. The minimum Gasteiger partial charge on any atom is -0.467 e. The van der Waals surface area contributed by atoms with E-state index < -0.39 is 73.4 Å². The molecule has 2 rings (SSSR count). The van der Waals surface area contributed by atoms with Crippen LogP contribution < -0.4 is 0 Å². The van der Waals surface area contributed by atoms with Gasteiger partial charge in [-0.05, 0) is 0 Å². The average Bonchev–Trinajstić information content (AvgIpc) is 2.66. The van der Waals surface area contributed by atoms with Crippen molar-refractivity contribution in [3.63, 3.8) is 0 Å². The molecule has 2 saturated heterocycles. The Kier molecular flexibility index (Phi) is 7.07. The number of aliphatic hydroxyl groups is 6. The van der Waals surface area contributed by atoms with Gasteiger partial charge >= 0.3 is 11.9 Å². The quantitative estimate of drug-likeness (QED) is 0.246.